The van der Waals surface area contributed by atoms with Gasteiger partial charge in [0.15, 0.2) is 28.2 Å². The number of fused-ring (bicyclic) bond motifs is 1. The SMILES string of the molecule is COc1cc(/C=C2\SC(=Nc3cc(C)c(Br)c(C)c3)NC2=O)ccc1OCc1ccc2c(c1)OCO2. The second-order valence-corrected chi connectivity index (χ2v) is 10.1. The highest BCUT2D eigenvalue weighted by molar-refractivity contribution is 9.10. The van der Waals surface area contributed by atoms with Gasteiger partial charge in [-0.1, -0.05) is 28.1 Å². The summed E-state index contributed by atoms with van der Waals surface area (Å²) in [5.41, 5.74) is 4.74. The topological polar surface area (TPSA) is 78.4 Å². The molecule has 0 atom stereocenters. The second-order valence-electron chi connectivity index (χ2n) is 8.26. The lowest BCUT2D eigenvalue weighted by Gasteiger charge is -2.12. The van der Waals surface area contributed by atoms with Crippen molar-refractivity contribution in [2.75, 3.05) is 13.9 Å². The minimum Gasteiger partial charge on any atom is -0.493 e. The molecule has 1 fully saturated rings. The molecule has 9 heteroatoms. The Kier molecular flexibility index (Phi) is 6.93. The fourth-order valence-corrected chi connectivity index (χ4v) is 4.89. The summed E-state index contributed by atoms with van der Waals surface area (Å²) in [5.74, 6) is 2.43. The summed E-state index contributed by atoms with van der Waals surface area (Å²) >= 11 is 4.87. The van der Waals surface area contributed by atoms with Crippen LogP contribution in [0, 0.1) is 13.8 Å². The van der Waals surface area contributed by atoms with E-state index in [1.54, 1.807) is 7.11 Å². The molecule has 1 saturated heterocycles. The molecule has 2 aliphatic heterocycles. The fraction of sp³-hybridized carbons (Fsp3) is 0.185. The van der Waals surface area contributed by atoms with Crippen molar-refractivity contribution >= 4 is 50.5 Å². The summed E-state index contributed by atoms with van der Waals surface area (Å²) in [6, 6.07) is 15.2. The number of amides is 1. The molecule has 0 spiro atoms. The Hall–Kier alpha value is -3.43. The molecule has 0 radical (unpaired) electrons. The number of ether oxygens (including phenoxy) is 4. The zero-order valence-electron chi connectivity index (χ0n) is 19.9. The maximum Gasteiger partial charge on any atom is 0.264 e. The van der Waals surface area contributed by atoms with E-state index >= 15 is 0 Å². The molecule has 1 amide bonds. The maximum absolute atomic E-state index is 12.6. The highest BCUT2D eigenvalue weighted by atomic mass is 79.9. The van der Waals surface area contributed by atoms with E-state index < -0.39 is 0 Å². The monoisotopic (exact) mass is 566 g/mol. The van der Waals surface area contributed by atoms with Crippen LogP contribution in [0.1, 0.15) is 22.3 Å². The van der Waals surface area contributed by atoms with Crippen LogP contribution in [-0.4, -0.2) is 25.0 Å². The molecular formula is C27H23BrN2O5S. The molecular weight excluding hydrogens is 544 g/mol. The molecule has 36 heavy (non-hydrogen) atoms. The van der Waals surface area contributed by atoms with Gasteiger partial charge in [-0.15, -0.1) is 0 Å². The number of amidine groups is 1. The highest BCUT2D eigenvalue weighted by Crippen LogP contribution is 2.35. The number of nitrogens with one attached hydrogen (secondary N) is 1. The number of rotatable bonds is 6. The Morgan fingerprint density at radius 3 is 2.61 bits per heavy atom. The number of carbonyl (C=O) groups is 1. The number of carbonyl (C=O) groups excluding carboxylic acids is 1. The molecule has 0 aromatic heterocycles. The molecule has 3 aromatic rings. The highest BCUT2D eigenvalue weighted by Gasteiger charge is 2.24. The normalized spacial score (nSPS) is 16.5. The molecule has 5 rings (SSSR count). The van der Waals surface area contributed by atoms with Crippen molar-refractivity contribution in [3.8, 4) is 23.0 Å². The van der Waals surface area contributed by atoms with Gasteiger partial charge in [-0.3, -0.25) is 4.79 Å². The predicted octanol–water partition coefficient (Wildman–Crippen LogP) is 6.27. The molecule has 1 N–H and O–H groups in total. The van der Waals surface area contributed by atoms with Crippen molar-refractivity contribution < 1.29 is 23.7 Å². The van der Waals surface area contributed by atoms with Gasteiger partial charge in [-0.2, -0.15) is 0 Å². The Morgan fingerprint density at radius 1 is 1.06 bits per heavy atom. The van der Waals surface area contributed by atoms with Gasteiger partial charge in [0.2, 0.25) is 6.79 Å². The summed E-state index contributed by atoms with van der Waals surface area (Å²) in [5, 5.41) is 3.39. The summed E-state index contributed by atoms with van der Waals surface area (Å²) in [4.78, 5) is 17.7. The predicted molar refractivity (Wildman–Crippen MR) is 144 cm³/mol. The lowest BCUT2D eigenvalue weighted by atomic mass is 10.1. The standard InChI is InChI=1S/C27H23BrN2O5S/c1-15-8-19(9-16(2)25(15)28)29-27-30-26(31)24(36-27)12-17-4-6-20(22(10-17)32-3)33-13-18-5-7-21-23(11-18)35-14-34-21/h4-12H,13-14H2,1-3H3,(H,29,30,31)/b24-12-. The number of nitrogens with zero attached hydrogens (tertiary/aromatic N) is 1. The average Bonchev–Trinajstić information content (AvgIpc) is 3.47. The molecule has 0 aliphatic carbocycles. The van der Waals surface area contributed by atoms with E-state index in [-0.39, 0.29) is 12.7 Å². The van der Waals surface area contributed by atoms with Crippen LogP contribution in [0.25, 0.3) is 6.08 Å². The number of aryl methyl sites for hydroxylation is 2. The van der Waals surface area contributed by atoms with Gasteiger partial charge in [0.05, 0.1) is 17.7 Å². The zero-order chi connectivity index (χ0) is 25.2. The summed E-state index contributed by atoms with van der Waals surface area (Å²) < 4.78 is 23.4. The van der Waals surface area contributed by atoms with Gasteiger partial charge in [0.1, 0.15) is 6.61 Å². The van der Waals surface area contributed by atoms with Crippen molar-refractivity contribution in [3.63, 3.8) is 0 Å². The minimum absolute atomic E-state index is 0.189. The Balaban J connectivity index is 1.30. The van der Waals surface area contributed by atoms with Crippen molar-refractivity contribution in [1.82, 2.24) is 5.32 Å². The molecule has 0 bridgehead atoms. The van der Waals surface area contributed by atoms with Crippen molar-refractivity contribution in [2.45, 2.75) is 20.5 Å². The van der Waals surface area contributed by atoms with E-state index in [1.165, 1.54) is 11.8 Å². The Morgan fingerprint density at radius 2 is 1.83 bits per heavy atom. The van der Waals surface area contributed by atoms with Crippen LogP contribution in [0.2, 0.25) is 0 Å². The van der Waals surface area contributed by atoms with Crippen LogP contribution >= 0.6 is 27.7 Å². The van der Waals surface area contributed by atoms with Crippen molar-refractivity contribution in [3.05, 3.63) is 80.2 Å². The van der Waals surface area contributed by atoms with Gasteiger partial charge >= 0.3 is 0 Å². The van der Waals surface area contributed by atoms with Crippen LogP contribution in [0.4, 0.5) is 5.69 Å². The molecule has 7 nitrogen and oxygen atoms in total. The summed E-state index contributed by atoms with van der Waals surface area (Å²) in [6.45, 7) is 4.61. The number of aliphatic imine (C=N–C) groups is 1. The van der Waals surface area contributed by atoms with E-state index in [4.69, 9.17) is 18.9 Å². The second kappa shape index (κ2) is 10.3. The van der Waals surface area contributed by atoms with Gasteiger partial charge in [-0.25, -0.2) is 4.99 Å². The van der Waals surface area contributed by atoms with Crippen LogP contribution < -0.4 is 24.3 Å². The smallest absolute Gasteiger partial charge is 0.264 e. The quantitative estimate of drug-likeness (QED) is 0.354. The van der Waals surface area contributed by atoms with Crippen LogP contribution in [0.5, 0.6) is 23.0 Å². The third kappa shape index (κ3) is 5.22. The van der Waals surface area contributed by atoms with Crippen LogP contribution in [-0.2, 0) is 11.4 Å². The first kappa shape index (κ1) is 24.3. The van der Waals surface area contributed by atoms with Crippen molar-refractivity contribution in [2.24, 2.45) is 4.99 Å². The van der Waals surface area contributed by atoms with Gasteiger partial charge in [0.25, 0.3) is 5.91 Å². The summed E-state index contributed by atoms with van der Waals surface area (Å²) in [6.07, 6.45) is 1.81. The molecule has 3 aromatic carbocycles. The van der Waals surface area contributed by atoms with Gasteiger partial charge in [0, 0.05) is 4.47 Å². The van der Waals surface area contributed by atoms with Gasteiger partial charge in [-0.05, 0) is 90.3 Å². The molecule has 184 valence electrons. The largest absolute Gasteiger partial charge is 0.493 e. The van der Waals surface area contributed by atoms with E-state index in [1.807, 2.05) is 68.5 Å². The number of benzene rings is 3. The van der Waals surface area contributed by atoms with E-state index in [9.17, 15) is 4.79 Å². The average molecular weight is 567 g/mol. The fourth-order valence-electron chi connectivity index (χ4n) is 3.82. The maximum atomic E-state index is 12.6. The lowest BCUT2D eigenvalue weighted by Crippen LogP contribution is -2.19. The Labute approximate surface area is 221 Å². The molecule has 2 aliphatic rings. The van der Waals surface area contributed by atoms with Crippen molar-refractivity contribution in [1.29, 1.82) is 0 Å². The number of hydrogen-bond acceptors (Lipinski definition) is 7. The number of thioether (sulfide) groups is 1. The van der Waals surface area contributed by atoms with E-state index in [0.717, 1.165) is 38.2 Å². The first-order valence-electron chi connectivity index (χ1n) is 11.2. The zero-order valence-corrected chi connectivity index (χ0v) is 22.3. The van der Waals surface area contributed by atoms with Crippen LogP contribution in [0.15, 0.2) is 62.9 Å². The minimum atomic E-state index is -0.189. The number of halogens is 1. The summed E-state index contributed by atoms with van der Waals surface area (Å²) in [7, 11) is 1.59. The Bertz CT molecular complexity index is 1400. The third-order valence-corrected chi connectivity index (χ3v) is 7.78. The first-order chi connectivity index (χ1) is 17.4. The first-order valence-corrected chi connectivity index (χ1v) is 12.8. The molecule has 0 saturated carbocycles. The van der Waals surface area contributed by atoms with E-state index in [2.05, 4.69) is 26.2 Å². The van der Waals surface area contributed by atoms with Gasteiger partial charge < -0.3 is 24.3 Å². The lowest BCUT2D eigenvalue weighted by molar-refractivity contribution is -0.115. The third-order valence-electron chi connectivity index (χ3n) is 5.62. The molecule has 0 unspecified atom stereocenters. The van der Waals surface area contributed by atoms with Crippen LogP contribution in [0.3, 0.4) is 0 Å². The molecule has 2 heterocycles. The van der Waals surface area contributed by atoms with E-state index in [0.29, 0.717) is 33.9 Å². The number of methoxy groups -OCH3 is 1. The number of hydrogen-bond donors (Lipinski definition) is 1.